The molecule has 3 aromatic heterocycles. The van der Waals surface area contributed by atoms with Gasteiger partial charge in [0.15, 0.2) is 11.5 Å². The summed E-state index contributed by atoms with van der Waals surface area (Å²) in [5.41, 5.74) is 8.53. The van der Waals surface area contributed by atoms with Crippen LogP contribution in [0.2, 0.25) is 0 Å². The van der Waals surface area contributed by atoms with Gasteiger partial charge in [0, 0.05) is 5.38 Å². The van der Waals surface area contributed by atoms with Gasteiger partial charge in [-0.1, -0.05) is 0 Å². The molecule has 3 aromatic rings. The molecule has 0 spiro atoms. The van der Waals surface area contributed by atoms with Crippen LogP contribution in [0.25, 0.3) is 11.2 Å². The zero-order valence-electron chi connectivity index (χ0n) is 8.91. The maximum absolute atomic E-state index is 11.7. The largest absolute Gasteiger partial charge is 0.382 e. The number of hydrogen-bond acceptors (Lipinski definition) is 7. The number of hydrogen-bond donors (Lipinski definition) is 3. The molecular weight excluding hydrogens is 254 g/mol. The number of imidazole rings is 1. The molecule has 18 heavy (non-hydrogen) atoms. The Morgan fingerprint density at radius 2 is 2.28 bits per heavy atom. The number of nitrogen functional groups attached to an aromatic ring is 1. The van der Waals surface area contributed by atoms with E-state index in [4.69, 9.17) is 5.73 Å². The Morgan fingerprint density at radius 3 is 3.06 bits per heavy atom. The number of H-pyrrole nitrogens is 1. The van der Waals surface area contributed by atoms with Crippen LogP contribution in [0.3, 0.4) is 0 Å². The highest BCUT2D eigenvalue weighted by Gasteiger charge is 2.12. The third-order valence-corrected chi connectivity index (χ3v) is 2.79. The summed E-state index contributed by atoms with van der Waals surface area (Å²) >= 11 is 1.33. The standard InChI is InChI=1S/C9H7N7OS/c10-6-5-7(12-2-11-5)15-9(14-6)16-8(17)4-1-18-3-13-4/h1-3H,(H4,10,11,12,14,15,16,17). The van der Waals surface area contributed by atoms with Gasteiger partial charge in [-0.25, -0.2) is 9.97 Å². The van der Waals surface area contributed by atoms with Crippen molar-refractivity contribution in [2.24, 2.45) is 0 Å². The van der Waals surface area contributed by atoms with E-state index in [0.717, 1.165) is 0 Å². The number of nitrogens with two attached hydrogens (primary N) is 1. The second-order valence-electron chi connectivity index (χ2n) is 3.36. The van der Waals surface area contributed by atoms with Gasteiger partial charge in [-0.15, -0.1) is 11.3 Å². The molecule has 0 aliphatic rings. The van der Waals surface area contributed by atoms with Crippen LogP contribution in [0.5, 0.6) is 0 Å². The van der Waals surface area contributed by atoms with Gasteiger partial charge >= 0.3 is 0 Å². The first kappa shape index (κ1) is 10.6. The second kappa shape index (κ2) is 4.04. The van der Waals surface area contributed by atoms with Crippen LogP contribution < -0.4 is 11.1 Å². The molecule has 3 heterocycles. The molecule has 3 rings (SSSR count). The van der Waals surface area contributed by atoms with Gasteiger partial charge in [-0.3, -0.25) is 10.1 Å². The SMILES string of the molecule is Nc1nc(NC(=O)c2cscn2)nc2nc[nH]c12. The Balaban J connectivity index is 1.93. The Labute approximate surface area is 104 Å². The van der Waals surface area contributed by atoms with Crippen LogP contribution in [-0.2, 0) is 0 Å². The average Bonchev–Trinajstić information content (AvgIpc) is 2.99. The van der Waals surface area contributed by atoms with E-state index in [9.17, 15) is 4.79 Å². The molecule has 0 aliphatic carbocycles. The quantitative estimate of drug-likeness (QED) is 0.622. The van der Waals surface area contributed by atoms with Crippen LogP contribution in [0.4, 0.5) is 11.8 Å². The first-order valence-corrected chi connectivity index (χ1v) is 5.84. The molecule has 0 fully saturated rings. The molecule has 0 saturated carbocycles. The van der Waals surface area contributed by atoms with Crippen molar-refractivity contribution < 1.29 is 4.79 Å². The number of rotatable bonds is 2. The van der Waals surface area contributed by atoms with Gasteiger partial charge in [0.05, 0.1) is 11.8 Å². The number of anilines is 2. The Morgan fingerprint density at radius 1 is 1.39 bits per heavy atom. The minimum Gasteiger partial charge on any atom is -0.382 e. The van der Waals surface area contributed by atoms with Crippen molar-refractivity contribution in [3.63, 3.8) is 0 Å². The zero-order valence-corrected chi connectivity index (χ0v) is 9.73. The summed E-state index contributed by atoms with van der Waals surface area (Å²) in [5.74, 6) is -0.0540. The lowest BCUT2D eigenvalue weighted by Crippen LogP contribution is -2.15. The highest BCUT2D eigenvalue weighted by Crippen LogP contribution is 2.15. The van der Waals surface area contributed by atoms with E-state index in [-0.39, 0.29) is 17.7 Å². The van der Waals surface area contributed by atoms with Gasteiger partial charge in [0.2, 0.25) is 5.95 Å². The zero-order chi connectivity index (χ0) is 12.5. The van der Waals surface area contributed by atoms with Crippen molar-refractivity contribution in [1.82, 2.24) is 24.9 Å². The number of carbonyl (C=O) groups excluding carboxylic acids is 1. The molecule has 90 valence electrons. The van der Waals surface area contributed by atoms with E-state index in [2.05, 4.69) is 30.2 Å². The molecule has 8 nitrogen and oxygen atoms in total. The predicted molar refractivity (Wildman–Crippen MR) is 66.2 cm³/mol. The van der Waals surface area contributed by atoms with Crippen LogP contribution in [-0.4, -0.2) is 30.8 Å². The molecule has 4 N–H and O–H groups in total. The number of fused-ring (bicyclic) bond motifs is 1. The molecule has 0 radical (unpaired) electrons. The lowest BCUT2D eigenvalue weighted by atomic mass is 10.4. The Hall–Kier alpha value is -2.55. The number of thiazole rings is 1. The van der Waals surface area contributed by atoms with E-state index in [1.165, 1.54) is 17.7 Å². The van der Waals surface area contributed by atoms with Crippen molar-refractivity contribution in [3.8, 4) is 0 Å². The van der Waals surface area contributed by atoms with Crippen LogP contribution in [0.15, 0.2) is 17.2 Å². The molecule has 1 amide bonds. The Bertz CT molecular complexity index is 705. The second-order valence-corrected chi connectivity index (χ2v) is 4.08. The van der Waals surface area contributed by atoms with Gasteiger partial charge in [0.1, 0.15) is 11.2 Å². The predicted octanol–water partition coefficient (Wildman–Crippen LogP) is 0.644. The fraction of sp³-hybridized carbons (Fsp3) is 0. The normalized spacial score (nSPS) is 10.7. The number of nitrogens with one attached hydrogen (secondary N) is 2. The van der Waals surface area contributed by atoms with Crippen molar-refractivity contribution in [1.29, 1.82) is 0 Å². The minimum absolute atomic E-state index is 0.102. The highest BCUT2D eigenvalue weighted by molar-refractivity contribution is 7.07. The third-order valence-electron chi connectivity index (χ3n) is 2.20. The maximum atomic E-state index is 11.7. The number of nitrogens with zero attached hydrogens (tertiary/aromatic N) is 4. The smallest absolute Gasteiger partial charge is 0.277 e. The average molecular weight is 261 g/mol. The summed E-state index contributed by atoms with van der Waals surface area (Å²) in [5, 5.41) is 4.15. The summed E-state index contributed by atoms with van der Waals surface area (Å²) < 4.78 is 0. The number of aromatic nitrogens is 5. The van der Waals surface area contributed by atoms with Gasteiger partial charge in [0.25, 0.3) is 5.91 Å². The minimum atomic E-state index is -0.384. The van der Waals surface area contributed by atoms with E-state index < -0.39 is 0 Å². The molecule has 0 aromatic carbocycles. The monoisotopic (exact) mass is 261 g/mol. The lowest BCUT2D eigenvalue weighted by molar-refractivity contribution is 0.102. The first-order chi connectivity index (χ1) is 8.74. The van der Waals surface area contributed by atoms with Crippen molar-refractivity contribution in [3.05, 3.63) is 22.9 Å². The van der Waals surface area contributed by atoms with E-state index in [0.29, 0.717) is 16.9 Å². The van der Waals surface area contributed by atoms with E-state index >= 15 is 0 Å². The van der Waals surface area contributed by atoms with E-state index in [1.807, 2.05) is 0 Å². The summed E-state index contributed by atoms with van der Waals surface area (Å²) in [6, 6.07) is 0. The fourth-order valence-electron chi connectivity index (χ4n) is 1.40. The molecule has 0 unspecified atom stereocenters. The van der Waals surface area contributed by atoms with Crippen molar-refractivity contribution in [2.45, 2.75) is 0 Å². The first-order valence-electron chi connectivity index (χ1n) is 4.90. The van der Waals surface area contributed by atoms with Gasteiger partial charge < -0.3 is 10.7 Å². The molecule has 0 saturated heterocycles. The topological polar surface area (TPSA) is 122 Å². The maximum Gasteiger partial charge on any atom is 0.277 e. The molecule has 0 aliphatic heterocycles. The van der Waals surface area contributed by atoms with Gasteiger partial charge in [-0.2, -0.15) is 9.97 Å². The third kappa shape index (κ3) is 1.76. The lowest BCUT2D eigenvalue weighted by Gasteiger charge is -2.02. The fourth-order valence-corrected chi connectivity index (χ4v) is 1.93. The number of carbonyl (C=O) groups is 1. The highest BCUT2D eigenvalue weighted by atomic mass is 32.1. The van der Waals surface area contributed by atoms with Crippen LogP contribution in [0.1, 0.15) is 10.5 Å². The molecule has 0 atom stereocenters. The Kier molecular flexibility index (Phi) is 2.38. The molecular formula is C9H7N7OS. The summed E-state index contributed by atoms with van der Waals surface area (Å²) in [6.45, 7) is 0. The molecule has 9 heteroatoms. The van der Waals surface area contributed by atoms with Crippen molar-refractivity contribution in [2.75, 3.05) is 11.1 Å². The summed E-state index contributed by atoms with van der Waals surface area (Å²) in [7, 11) is 0. The number of aromatic amines is 1. The summed E-state index contributed by atoms with van der Waals surface area (Å²) in [6.07, 6.45) is 1.46. The van der Waals surface area contributed by atoms with Crippen LogP contribution >= 0.6 is 11.3 Å². The van der Waals surface area contributed by atoms with Crippen molar-refractivity contribution >= 4 is 40.2 Å². The molecule has 0 bridgehead atoms. The number of amides is 1. The summed E-state index contributed by atoms with van der Waals surface area (Å²) in [4.78, 5) is 30.4. The van der Waals surface area contributed by atoms with Crippen LogP contribution in [0, 0.1) is 0 Å². The van der Waals surface area contributed by atoms with E-state index in [1.54, 1.807) is 10.9 Å². The van der Waals surface area contributed by atoms with Gasteiger partial charge in [-0.05, 0) is 0 Å².